The van der Waals surface area contributed by atoms with E-state index in [9.17, 15) is 8.42 Å². The normalized spacial score (nSPS) is 11.9. The summed E-state index contributed by atoms with van der Waals surface area (Å²) in [6, 6.07) is 22.2. The zero-order chi connectivity index (χ0) is 26.5. The third-order valence-corrected chi connectivity index (χ3v) is 7.55. The maximum absolute atomic E-state index is 12.8. The van der Waals surface area contributed by atoms with Gasteiger partial charge < -0.3 is 4.74 Å². The van der Waals surface area contributed by atoms with Crippen LogP contribution in [0.5, 0.6) is 5.75 Å². The van der Waals surface area contributed by atoms with Crippen molar-refractivity contribution in [3.8, 4) is 5.75 Å². The highest BCUT2D eigenvalue weighted by atomic mass is 32.2. The molecule has 0 radical (unpaired) electrons. The van der Waals surface area contributed by atoms with Gasteiger partial charge in [-0.05, 0) is 56.7 Å². The molecule has 0 aliphatic carbocycles. The van der Waals surface area contributed by atoms with Crippen molar-refractivity contribution < 1.29 is 13.2 Å². The SMILES string of the molecule is CCCCCCCCCCOc1ccc(C(=NNS(=O)(=O)c2ccc(C)cc2)c2ccc(C)cc2)cc1. The molecule has 0 bridgehead atoms. The maximum atomic E-state index is 12.8. The minimum Gasteiger partial charge on any atom is -0.494 e. The first-order valence-corrected chi connectivity index (χ1v) is 14.8. The molecule has 0 aliphatic heterocycles. The van der Waals surface area contributed by atoms with E-state index in [4.69, 9.17) is 4.74 Å². The van der Waals surface area contributed by atoms with Crippen molar-refractivity contribution in [2.45, 2.75) is 77.0 Å². The average Bonchev–Trinajstić information content (AvgIpc) is 2.90. The summed E-state index contributed by atoms with van der Waals surface area (Å²) < 4.78 is 31.6. The number of hydrogen-bond acceptors (Lipinski definition) is 4. The summed E-state index contributed by atoms with van der Waals surface area (Å²) in [7, 11) is -3.79. The molecule has 198 valence electrons. The second kappa shape index (κ2) is 14.6. The highest BCUT2D eigenvalue weighted by Crippen LogP contribution is 2.18. The molecule has 0 aliphatic rings. The van der Waals surface area contributed by atoms with Gasteiger partial charge in [0.15, 0.2) is 0 Å². The number of hydrogen-bond donors (Lipinski definition) is 1. The Morgan fingerprint density at radius 1 is 0.703 bits per heavy atom. The average molecular weight is 521 g/mol. The van der Waals surface area contributed by atoms with E-state index in [1.54, 1.807) is 24.3 Å². The van der Waals surface area contributed by atoms with E-state index in [-0.39, 0.29) is 4.90 Å². The van der Waals surface area contributed by atoms with Crippen LogP contribution in [0, 0.1) is 13.8 Å². The van der Waals surface area contributed by atoms with Crippen molar-refractivity contribution >= 4 is 15.7 Å². The minimum absolute atomic E-state index is 0.176. The molecule has 0 fully saturated rings. The zero-order valence-corrected chi connectivity index (χ0v) is 23.2. The van der Waals surface area contributed by atoms with Crippen molar-refractivity contribution in [3.05, 3.63) is 95.1 Å². The predicted octanol–water partition coefficient (Wildman–Crippen LogP) is 7.55. The van der Waals surface area contributed by atoms with E-state index >= 15 is 0 Å². The fourth-order valence-corrected chi connectivity index (χ4v) is 4.83. The molecule has 0 spiro atoms. The van der Waals surface area contributed by atoms with E-state index in [0.29, 0.717) is 12.3 Å². The molecule has 1 N–H and O–H groups in total. The standard InChI is InChI=1S/C31H40N2O3S/c1-4-5-6-7-8-9-10-11-24-36-29-20-18-28(19-21-29)31(27-16-12-25(2)13-17-27)32-33-37(34,35)30-22-14-26(3)15-23-30/h12-23,33H,4-11,24H2,1-3H3. The number of aryl methyl sites for hydroxylation is 2. The number of ether oxygens (including phenoxy) is 1. The van der Waals surface area contributed by atoms with Crippen LogP contribution < -0.4 is 9.57 Å². The van der Waals surface area contributed by atoms with Crippen LogP contribution in [0.25, 0.3) is 0 Å². The Kier molecular flexibility index (Phi) is 11.2. The van der Waals surface area contributed by atoms with Crippen LogP contribution >= 0.6 is 0 Å². The monoisotopic (exact) mass is 520 g/mol. The van der Waals surface area contributed by atoms with Crippen LogP contribution in [0.2, 0.25) is 0 Å². The van der Waals surface area contributed by atoms with E-state index in [2.05, 4.69) is 16.9 Å². The molecule has 0 amide bonds. The molecule has 0 heterocycles. The smallest absolute Gasteiger partial charge is 0.276 e. The van der Waals surface area contributed by atoms with Crippen LogP contribution in [0.1, 0.15) is 80.5 Å². The largest absolute Gasteiger partial charge is 0.494 e. The second-order valence-corrected chi connectivity index (χ2v) is 11.2. The lowest BCUT2D eigenvalue weighted by atomic mass is 10.0. The van der Waals surface area contributed by atoms with Gasteiger partial charge in [-0.1, -0.05) is 99.4 Å². The Hall–Kier alpha value is -3.12. The fourth-order valence-electron chi connectivity index (χ4n) is 4.02. The Balaban J connectivity index is 1.65. The summed E-state index contributed by atoms with van der Waals surface area (Å²) in [5, 5.41) is 4.35. The van der Waals surface area contributed by atoms with Crippen LogP contribution in [-0.4, -0.2) is 20.7 Å². The lowest BCUT2D eigenvalue weighted by Gasteiger charge is -2.11. The number of nitrogens with zero attached hydrogens (tertiary/aromatic N) is 1. The van der Waals surface area contributed by atoms with Gasteiger partial charge >= 0.3 is 0 Å². The summed E-state index contributed by atoms with van der Waals surface area (Å²) >= 11 is 0. The number of rotatable bonds is 15. The highest BCUT2D eigenvalue weighted by molar-refractivity contribution is 7.89. The molecule has 5 nitrogen and oxygen atoms in total. The molecular weight excluding hydrogens is 480 g/mol. The topological polar surface area (TPSA) is 67.8 Å². The molecule has 3 aromatic rings. The van der Waals surface area contributed by atoms with E-state index in [0.717, 1.165) is 34.4 Å². The summed E-state index contributed by atoms with van der Waals surface area (Å²) in [6.45, 7) is 6.87. The lowest BCUT2D eigenvalue weighted by molar-refractivity contribution is 0.304. The van der Waals surface area contributed by atoms with Crippen molar-refractivity contribution in [1.82, 2.24) is 4.83 Å². The Morgan fingerprint density at radius 2 is 1.19 bits per heavy atom. The van der Waals surface area contributed by atoms with Gasteiger partial charge in [0.25, 0.3) is 10.0 Å². The minimum atomic E-state index is -3.79. The first kappa shape index (κ1) is 28.5. The second-order valence-electron chi connectivity index (χ2n) is 9.58. The van der Waals surface area contributed by atoms with Crippen molar-refractivity contribution in [2.24, 2.45) is 5.10 Å². The van der Waals surface area contributed by atoms with Crippen LogP contribution in [-0.2, 0) is 10.0 Å². The molecular formula is C31H40N2O3S. The fraction of sp³-hybridized carbons (Fsp3) is 0.387. The van der Waals surface area contributed by atoms with Crippen LogP contribution in [0.4, 0.5) is 0 Å². The molecule has 37 heavy (non-hydrogen) atoms. The molecule has 6 heteroatoms. The van der Waals surface area contributed by atoms with Gasteiger partial charge in [0.2, 0.25) is 0 Å². The van der Waals surface area contributed by atoms with Gasteiger partial charge in [-0.3, -0.25) is 0 Å². The third-order valence-electron chi connectivity index (χ3n) is 6.33. The summed E-state index contributed by atoms with van der Waals surface area (Å²) in [5.74, 6) is 0.801. The molecule has 0 saturated carbocycles. The Labute approximate surface area is 223 Å². The van der Waals surface area contributed by atoms with Crippen LogP contribution in [0.3, 0.4) is 0 Å². The zero-order valence-electron chi connectivity index (χ0n) is 22.4. The number of sulfonamides is 1. The molecule has 0 atom stereocenters. The van der Waals surface area contributed by atoms with Crippen molar-refractivity contribution in [3.63, 3.8) is 0 Å². The van der Waals surface area contributed by atoms with Crippen molar-refractivity contribution in [1.29, 1.82) is 0 Å². The molecule has 3 aromatic carbocycles. The van der Waals surface area contributed by atoms with Gasteiger partial charge in [-0.15, -0.1) is 0 Å². The summed E-state index contributed by atoms with van der Waals surface area (Å²) in [4.78, 5) is 2.60. The van der Waals surface area contributed by atoms with E-state index < -0.39 is 10.0 Å². The van der Waals surface area contributed by atoms with Gasteiger partial charge in [-0.2, -0.15) is 18.4 Å². The molecule has 0 saturated heterocycles. The van der Waals surface area contributed by atoms with Crippen molar-refractivity contribution in [2.75, 3.05) is 6.61 Å². The molecule has 3 rings (SSSR count). The number of hydrazone groups is 1. The first-order chi connectivity index (χ1) is 17.9. The van der Waals surface area contributed by atoms with Gasteiger partial charge in [-0.25, -0.2) is 0 Å². The molecule has 0 unspecified atom stereocenters. The highest BCUT2D eigenvalue weighted by Gasteiger charge is 2.15. The Morgan fingerprint density at radius 3 is 1.76 bits per heavy atom. The summed E-state index contributed by atoms with van der Waals surface area (Å²) in [5.41, 5.74) is 4.28. The maximum Gasteiger partial charge on any atom is 0.276 e. The van der Waals surface area contributed by atoms with E-state index in [1.165, 1.54) is 44.9 Å². The number of unbranched alkanes of at least 4 members (excludes halogenated alkanes) is 7. The third kappa shape index (κ3) is 9.36. The summed E-state index contributed by atoms with van der Waals surface area (Å²) in [6.07, 6.45) is 10.1. The number of nitrogens with one attached hydrogen (secondary N) is 1. The van der Waals surface area contributed by atoms with E-state index in [1.807, 2.05) is 62.4 Å². The lowest BCUT2D eigenvalue weighted by Crippen LogP contribution is -2.21. The quantitative estimate of drug-likeness (QED) is 0.128. The van der Waals surface area contributed by atoms with Gasteiger partial charge in [0.05, 0.1) is 17.2 Å². The van der Waals surface area contributed by atoms with Gasteiger partial charge in [0, 0.05) is 11.1 Å². The molecule has 0 aromatic heterocycles. The Bertz CT molecular complexity index is 1220. The van der Waals surface area contributed by atoms with Crippen LogP contribution in [0.15, 0.2) is 82.8 Å². The predicted molar refractivity (Wildman–Crippen MR) is 153 cm³/mol. The van der Waals surface area contributed by atoms with Gasteiger partial charge in [0.1, 0.15) is 5.75 Å². The first-order valence-electron chi connectivity index (χ1n) is 13.4. The number of benzene rings is 3.